The molecule has 0 saturated heterocycles. The van der Waals surface area contributed by atoms with Gasteiger partial charge in [0, 0.05) is 5.56 Å². The second kappa shape index (κ2) is 11.0. The van der Waals surface area contributed by atoms with Gasteiger partial charge in [-0.1, -0.05) is 89.6 Å². The zero-order valence-electron chi connectivity index (χ0n) is 20.1. The molecule has 0 aliphatic heterocycles. The van der Waals surface area contributed by atoms with Crippen molar-refractivity contribution in [3.05, 3.63) is 76.9 Å². The molecule has 3 aromatic carbocycles. The van der Waals surface area contributed by atoms with Gasteiger partial charge in [0.05, 0.1) is 7.11 Å². The van der Waals surface area contributed by atoms with Crippen LogP contribution in [-0.2, 0) is 6.42 Å². The minimum absolute atomic E-state index is 0.613. The molecule has 1 heteroatoms. The summed E-state index contributed by atoms with van der Waals surface area (Å²) in [5.41, 5.74) is 10.7. The quantitative estimate of drug-likeness (QED) is 0.331. The lowest BCUT2D eigenvalue weighted by Gasteiger charge is -2.13. The van der Waals surface area contributed by atoms with E-state index in [-0.39, 0.29) is 0 Å². The van der Waals surface area contributed by atoms with Gasteiger partial charge < -0.3 is 4.74 Å². The summed E-state index contributed by atoms with van der Waals surface area (Å²) in [6.07, 6.45) is 2.19. The molecule has 0 amide bonds. The topological polar surface area (TPSA) is 9.23 Å². The molecule has 1 aliphatic rings. The number of ether oxygens (including phenoxy) is 1. The first-order valence-electron chi connectivity index (χ1n) is 11.5. The van der Waals surface area contributed by atoms with E-state index in [0.717, 1.165) is 12.2 Å². The lowest BCUT2D eigenvalue weighted by Crippen LogP contribution is -1.92. The van der Waals surface area contributed by atoms with E-state index in [0.29, 0.717) is 5.92 Å². The third-order valence-electron chi connectivity index (χ3n) is 5.77. The van der Waals surface area contributed by atoms with Crippen molar-refractivity contribution in [2.75, 3.05) is 7.11 Å². The molecular formula is C29H38O. The van der Waals surface area contributed by atoms with Crippen LogP contribution in [0.4, 0.5) is 0 Å². The molecule has 1 atom stereocenters. The maximum Gasteiger partial charge on any atom is 0.127 e. The van der Waals surface area contributed by atoms with Gasteiger partial charge in [0.25, 0.3) is 0 Å². The monoisotopic (exact) mass is 402 g/mol. The Balaban J connectivity index is 0.000000757. The van der Waals surface area contributed by atoms with Gasteiger partial charge in [-0.15, -0.1) is 0 Å². The molecule has 30 heavy (non-hydrogen) atoms. The van der Waals surface area contributed by atoms with Gasteiger partial charge in [-0.25, -0.2) is 0 Å². The number of benzene rings is 3. The fourth-order valence-corrected chi connectivity index (χ4v) is 3.92. The first-order chi connectivity index (χ1) is 14.6. The molecule has 1 aliphatic carbocycles. The molecule has 0 spiro atoms. The van der Waals surface area contributed by atoms with Crippen molar-refractivity contribution >= 4 is 0 Å². The summed E-state index contributed by atoms with van der Waals surface area (Å²) in [6.45, 7) is 14.7. The Morgan fingerprint density at radius 1 is 0.800 bits per heavy atom. The Morgan fingerprint density at radius 3 is 2.03 bits per heavy atom. The average molecular weight is 403 g/mol. The Bertz CT molecular complexity index is 951. The molecule has 0 N–H and O–H groups in total. The maximum atomic E-state index is 5.75. The van der Waals surface area contributed by atoms with E-state index < -0.39 is 0 Å². The maximum absolute atomic E-state index is 5.75. The van der Waals surface area contributed by atoms with Gasteiger partial charge in [-0.05, 0) is 71.2 Å². The number of fused-ring (bicyclic) bond motifs is 3. The number of hydrogen-bond acceptors (Lipinski definition) is 1. The smallest absolute Gasteiger partial charge is 0.127 e. The van der Waals surface area contributed by atoms with Crippen LogP contribution in [0.3, 0.4) is 0 Å². The summed E-state index contributed by atoms with van der Waals surface area (Å²) in [7, 11) is 1.77. The molecule has 0 aromatic heterocycles. The van der Waals surface area contributed by atoms with Gasteiger partial charge >= 0.3 is 0 Å². The van der Waals surface area contributed by atoms with Crippen LogP contribution >= 0.6 is 0 Å². The summed E-state index contributed by atoms with van der Waals surface area (Å²) in [5, 5.41) is 0. The first-order valence-corrected chi connectivity index (χ1v) is 11.5. The highest BCUT2D eigenvalue weighted by Crippen LogP contribution is 2.44. The van der Waals surface area contributed by atoms with Gasteiger partial charge in [-0.2, -0.15) is 0 Å². The molecule has 1 unspecified atom stereocenters. The third kappa shape index (κ3) is 4.78. The van der Waals surface area contributed by atoms with Crippen LogP contribution in [0, 0.1) is 6.92 Å². The van der Waals surface area contributed by atoms with Crippen molar-refractivity contribution < 1.29 is 4.74 Å². The molecule has 4 rings (SSSR count). The van der Waals surface area contributed by atoms with Crippen LogP contribution in [0.15, 0.2) is 54.6 Å². The fourth-order valence-electron chi connectivity index (χ4n) is 3.92. The number of aryl methyl sites for hydroxylation is 1. The van der Waals surface area contributed by atoms with Crippen molar-refractivity contribution in [3.63, 3.8) is 0 Å². The Kier molecular flexibility index (Phi) is 8.72. The molecule has 0 radical (unpaired) electrons. The summed E-state index contributed by atoms with van der Waals surface area (Å²) in [5.74, 6) is 1.56. The highest BCUT2D eigenvalue weighted by Gasteiger charge is 2.22. The van der Waals surface area contributed by atoms with Crippen molar-refractivity contribution in [1.29, 1.82) is 0 Å². The van der Waals surface area contributed by atoms with Crippen molar-refractivity contribution in [3.8, 4) is 28.0 Å². The molecule has 0 fully saturated rings. The lowest BCUT2D eigenvalue weighted by atomic mass is 9.94. The molecule has 160 valence electrons. The van der Waals surface area contributed by atoms with Crippen LogP contribution in [0.2, 0.25) is 0 Å². The molecule has 1 nitrogen and oxygen atoms in total. The van der Waals surface area contributed by atoms with E-state index in [9.17, 15) is 0 Å². The Labute approximate surface area is 184 Å². The van der Waals surface area contributed by atoms with E-state index >= 15 is 0 Å². The Morgan fingerprint density at radius 2 is 1.43 bits per heavy atom. The van der Waals surface area contributed by atoms with Crippen LogP contribution < -0.4 is 4.74 Å². The number of hydrogen-bond donors (Lipinski definition) is 0. The van der Waals surface area contributed by atoms with Gasteiger partial charge in [0.15, 0.2) is 0 Å². The minimum atomic E-state index is 0.613. The van der Waals surface area contributed by atoms with Gasteiger partial charge in [-0.3, -0.25) is 0 Å². The molecule has 0 heterocycles. The number of rotatable bonds is 4. The van der Waals surface area contributed by atoms with Crippen LogP contribution in [-0.4, -0.2) is 7.11 Å². The van der Waals surface area contributed by atoms with E-state index in [1.165, 1.54) is 50.9 Å². The summed E-state index contributed by atoms with van der Waals surface area (Å²) < 4.78 is 5.75. The molecule has 0 saturated carbocycles. The normalized spacial score (nSPS) is 11.9. The minimum Gasteiger partial charge on any atom is -0.496 e. The molecule has 0 bridgehead atoms. The summed E-state index contributed by atoms with van der Waals surface area (Å²) in [6, 6.07) is 20.2. The zero-order valence-corrected chi connectivity index (χ0v) is 20.1. The first kappa shape index (κ1) is 23.7. The van der Waals surface area contributed by atoms with Crippen LogP contribution in [0.5, 0.6) is 5.75 Å². The highest BCUT2D eigenvalue weighted by molar-refractivity contribution is 5.84. The average Bonchev–Trinajstić information content (AvgIpc) is 3.17. The van der Waals surface area contributed by atoms with E-state index in [1.807, 2.05) is 27.7 Å². The van der Waals surface area contributed by atoms with Crippen molar-refractivity contribution in [1.82, 2.24) is 0 Å². The zero-order chi connectivity index (χ0) is 22.3. The second-order valence-electron chi connectivity index (χ2n) is 7.48. The Hall–Kier alpha value is -2.54. The largest absolute Gasteiger partial charge is 0.496 e. The van der Waals surface area contributed by atoms with Gasteiger partial charge in [0.1, 0.15) is 5.75 Å². The van der Waals surface area contributed by atoms with Crippen molar-refractivity contribution in [2.24, 2.45) is 0 Å². The summed E-state index contributed by atoms with van der Waals surface area (Å²) in [4.78, 5) is 0. The predicted octanol–water partition coefficient (Wildman–Crippen LogP) is 8.81. The highest BCUT2D eigenvalue weighted by atomic mass is 16.5. The van der Waals surface area contributed by atoms with E-state index in [4.69, 9.17) is 4.74 Å². The third-order valence-corrected chi connectivity index (χ3v) is 5.77. The summed E-state index contributed by atoms with van der Waals surface area (Å²) >= 11 is 0. The molecular weight excluding hydrogens is 364 g/mol. The van der Waals surface area contributed by atoms with Crippen LogP contribution in [0.25, 0.3) is 22.3 Å². The fraction of sp³-hybridized carbons (Fsp3) is 0.379. The molecule has 3 aromatic rings. The predicted molar refractivity (Wildman–Crippen MR) is 133 cm³/mol. The second-order valence-corrected chi connectivity index (χ2v) is 7.48. The van der Waals surface area contributed by atoms with Gasteiger partial charge in [0.2, 0.25) is 0 Å². The van der Waals surface area contributed by atoms with E-state index in [2.05, 4.69) is 75.4 Å². The van der Waals surface area contributed by atoms with E-state index in [1.54, 1.807) is 7.11 Å². The lowest BCUT2D eigenvalue weighted by molar-refractivity contribution is 0.416. The number of methoxy groups -OCH3 is 1. The SMILES string of the molecule is CC.CC.CCC(C)c1ccc2c(c1)Cc1cc(-c3ccc(C)cc3)c(OC)cc1-2. The van der Waals surface area contributed by atoms with Crippen LogP contribution in [0.1, 0.15) is 76.1 Å². The van der Waals surface area contributed by atoms with Crippen molar-refractivity contribution in [2.45, 2.75) is 67.2 Å². The standard InChI is InChI=1S/C25H26O.2C2H6/c1-5-17(3)19-10-11-22-20(12-19)13-21-14-24(25(26-4)15-23(21)22)18-8-6-16(2)7-9-18;2*1-2/h6-12,14-15,17H,5,13H2,1-4H3;2*1-2H3.